The third-order valence-corrected chi connectivity index (χ3v) is 2.55. The van der Waals surface area contributed by atoms with E-state index in [1.165, 1.54) is 19.3 Å². The topological polar surface area (TPSA) is 35.2 Å². The van der Waals surface area contributed by atoms with Gasteiger partial charge >= 0.3 is 0 Å². The van der Waals surface area contributed by atoms with Gasteiger partial charge in [-0.3, -0.25) is 0 Å². The number of halogens is 1. The maximum atomic E-state index is 5.94. The summed E-state index contributed by atoms with van der Waals surface area (Å²) < 4.78 is 5.94. The summed E-state index contributed by atoms with van der Waals surface area (Å²) >= 11 is 0. The predicted molar refractivity (Wildman–Crippen MR) is 69.4 cm³/mol. The number of ether oxygens (including phenoxy) is 1. The maximum absolute atomic E-state index is 5.94. The Hall–Kier alpha value is 0.210. The third-order valence-electron chi connectivity index (χ3n) is 2.55. The first kappa shape index (κ1) is 17.6. The van der Waals surface area contributed by atoms with Gasteiger partial charge in [-0.15, -0.1) is 12.4 Å². The molecule has 2 nitrogen and oxygen atoms in total. The summed E-state index contributed by atoms with van der Waals surface area (Å²) in [6.45, 7) is 8.57. The highest BCUT2D eigenvalue weighted by Gasteiger charge is 2.29. The SMILES string of the molecule is CCCC(CCC)(CCC)OC(C)N.Cl. The van der Waals surface area contributed by atoms with Gasteiger partial charge < -0.3 is 10.5 Å². The van der Waals surface area contributed by atoms with Gasteiger partial charge in [0.1, 0.15) is 6.23 Å². The lowest BCUT2D eigenvalue weighted by atomic mass is 9.88. The Balaban J connectivity index is 0. The van der Waals surface area contributed by atoms with Gasteiger partial charge in [0.25, 0.3) is 0 Å². The number of rotatable bonds is 8. The van der Waals surface area contributed by atoms with Crippen LogP contribution in [0.25, 0.3) is 0 Å². The molecule has 0 spiro atoms. The van der Waals surface area contributed by atoms with Crippen LogP contribution in [-0.4, -0.2) is 11.8 Å². The van der Waals surface area contributed by atoms with Crippen molar-refractivity contribution in [3.8, 4) is 0 Å². The normalized spacial score (nSPS) is 13.4. The molecule has 0 aromatic rings. The zero-order valence-electron chi connectivity index (χ0n) is 10.7. The van der Waals surface area contributed by atoms with Crippen LogP contribution in [0, 0.1) is 0 Å². The zero-order chi connectivity index (χ0) is 11.0. The van der Waals surface area contributed by atoms with E-state index in [9.17, 15) is 0 Å². The Labute approximate surface area is 101 Å². The first-order chi connectivity index (χ1) is 6.60. The highest BCUT2D eigenvalue weighted by atomic mass is 35.5. The first-order valence-electron chi connectivity index (χ1n) is 6.03. The van der Waals surface area contributed by atoms with E-state index in [0.717, 1.165) is 19.3 Å². The molecule has 1 unspecified atom stereocenters. The van der Waals surface area contributed by atoms with E-state index in [0.29, 0.717) is 0 Å². The van der Waals surface area contributed by atoms with Crippen LogP contribution < -0.4 is 5.73 Å². The highest BCUT2D eigenvalue weighted by molar-refractivity contribution is 5.85. The van der Waals surface area contributed by atoms with Gasteiger partial charge in [-0.2, -0.15) is 0 Å². The van der Waals surface area contributed by atoms with Gasteiger partial charge in [0.05, 0.1) is 5.60 Å². The monoisotopic (exact) mass is 237 g/mol. The average Bonchev–Trinajstić information content (AvgIpc) is 2.03. The van der Waals surface area contributed by atoms with Crippen molar-refractivity contribution in [2.45, 2.75) is 78.0 Å². The fraction of sp³-hybridized carbons (Fsp3) is 1.00. The van der Waals surface area contributed by atoms with E-state index in [4.69, 9.17) is 10.5 Å². The van der Waals surface area contributed by atoms with E-state index in [1.807, 2.05) is 6.92 Å². The van der Waals surface area contributed by atoms with Gasteiger partial charge in [0.15, 0.2) is 0 Å². The van der Waals surface area contributed by atoms with Gasteiger partial charge in [-0.1, -0.05) is 40.0 Å². The molecule has 0 bridgehead atoms. The molecule has 0 aromatic carbocycles. The summed E-state index contributed by atoms with van der Waals surface area (Å²) in [5.74, 6) is 0. The van der Waals surface area contributed by atoms with E-state index in [1.54, 1.807) is 0 Å². The lowest BCUT2D eigenvalue weighted by Gasteiger charge is -2.35. The quantitative estimate of drug-likeness (QED) is 0.651. The predicted octanol–water partition coefficient (Wildman–Crippen LogP) is 3.87. The van der Waals surface area contributed by atoms with Crippen molar-refractivity contribution in [2.24, 2.45) is 5.73 Å². The molecule has 0 rings (SSSR count). The molecule has 3 heteroatoms. The Bertz CT molecular complexity index is 123. The molecule has 0 aliphatic rings. The van der Waals surface area contributed by atoms with Crippen molar-refractivity contribution in [1.29, 1.82) is 0 Å². The van der Waals surface area contributed by atoms with Crippen LogP contribution in [0.5, 0.6) is 0 Å². The standard InChI is InChI=1S/C12H27NO.ClH/c1-5-8-12(9-6-2,10-7-3)14-11(4)13;/h11H,5-10,13H2,1-4H3;1H. The molecule has 94 valence electrons. The minimum absolute atomic E-state index is 0. The van der Waals surface area contributed by atoms with Crippen molar-refractivity contribution >= 4 is 12.4 Å². The molecule has 0 heterocycles. The van der Waals surface area contributed by atoms with Gasteiger partial charge in [0.2, 0.25) is 0 Å². The molecule has 0 fully saturated rings. The summed E-state index contributed by atoms with van der Waals surface area (Å²) in [7, 11) is 0. The molecule has 0 saturated carbocycles. The smallest absolute Gasteiger partial charge is 0.103 e. The van der Waals surface area contributed by atoms with E-state index in [-0.39, 0.29) is 24.2 Å². The lowest BCUT2D eigenvalue weighted by Crippen LogP contribution is -2.39. The molecule has 0 saturated heterocycles. The molecule has 15 heavy (non-hydrogen) atoms. The summed E-state index contributed by atoms with van der Waals surface area (Å²) in [4.78, 5) is 0. The summed E-state index contributed by atoms with van der Waals surface area (Å²) in [6, 6.07) is 0. The molecular weight excluding hydrogens is 210 g/mol. The molecule has 0 radical (unpaired) electrons. The second-order valence-corrected chi connectivity index (χ2v) is 4.26. The van der Waals surface area contributed by atoms with E-state index in [2.05, 4.69) is 20.8 Å². The van der Waals surface area contributed by atoms with Gasteiger partial charge in [-0.25, -0.2) is 0 Å². The van der Waals surface area contributed by atoms with Crippen molar-refractivity contribution in [2.75, 3.05) is 0 Å². The molecule has 0 aliphatic carbocycles. The molecule has 0 aliphatic heterocycles. The minimum Gasteiger partial charge on any atom is -0.357 e. The Morgan fingerprint density at radius 2 is 1.33 bits per heavy atom. The second kappa shape index (κ2) is 9.44. The fourth-order valence-corrected chi connectivity index (χ4v) is 2.31. The van der Waals surface area contributed by atoms with Gasteiger partial charge in [-0.05, 0) is 26.2 Å². The Morgan fingerprint density at radius 1 is 1.00 bits per heavy atom. The van der Waals surface area contributed by atoms with Crippen LogP contribution in [0.15, 0.2) is 0 Å². The van der Waals surface area contributed by atoms with Gasteiger partial charge in [0, 0.05) is 0 Å². The number of nitrogens with two attached hydrogens (primary N) is 1. The minimum atomic E-state index is -0.139. The summed E-state index contributed by atoms with van der Waals surface area (Å²) in [5, 5.41) is 0. The summed E-state index contributed by atoms with van der Waals surface area (Å²) in [5.41, 5.74) is 5.80. The zero-order valence-corrected chi connectivity index (χ0v) is 11.5. The highest BCUT2D eigenvalue weighted by Crippen LogP contribution is 2.30. The Morgan fingerprint density at radius 3 is 1.53 bits per heavy atom. The van der Waals surface area contributed by atoms with Crippen molar-refractivity contribution in [3.05, 3.63) is 0 Å². The average molecular weight is 238 g/mol. The maximum Gasteiger partial charge on any atom is 0.103 e. The van der Waals surface area contributed by atoms with Crippen LogP contribution in [0.2, 0.25) is 0 Å². The van der Waals surface area contributed by atoms with Crippen LogP contribution in [0.1, 0.15) is 66.2 Å². The number of hydrogen-bond acceptors (Lipinski definition) is 2. The number of hydrogen-bond donors (Lipinski definition) is 1. The van der Waals surface area contributed by atoms with Crippen LogP contribution >= 0.6 is 12.4 Å². The third kappa shape index (κ3) is 7.15. The first-order valence-corrected chi connectivity index (χ1v) is 6.03. The molecule has 1 atom stereocenters. The molecule has 0 amide bonds. The Kier molecular flexibility index (Phi) is 11.1. The van der Waals surface area contributed by atoms with Crippen LogP contribution in [-0.2, 0) is 4.74 Å². The lowest BCUT2D eigenvalue weighted by molar-refractivity contribution is -0.101. The van der Waals surface area contributed by atoms with Crippen LogP contribution in [0.4, 0.5) is 0 Å². The van der Waals surface area contributed by atoms with Crippen molar-refractivity contribution in [1.82, 2.24) is 0 Å². The van der Waals surface area contributed by atoms with E-state index >= 15 is 0 Å². The van der Waals surface area contributed by atoms with E-state index < -0.39 is 0 Å². The fourth-order valence-electron chi connectivity index (χ4n) is 2.31. The van der Waals surface area contributed by atoms with Crippen molar-refractivity contribution in [3.63, 3.8) is 0 Å². The van der Waals surface area contributed by atoms with Crippen LogP contribution in [0.3, 0.4) is 0 Å². The molecule has 0 aromatic heterocycles. The summed E-state index contributed by atoms with van der Waals surface area (Å²) in [6.07, 6.45) is 6.79. The molecular formula is C12H28ClNO. The second-order valence-electron chi connectivity index (χ2n) is 4.26. The largest absolute Gasteiger partial charge is 0.357 e. The molecule has 2 N–H and O–H groups in total. The van der Waals surface area contributed by atoms with Crippen molar-refractivity contribution < 1.29 is 4.74 Å².